The molecule has 0 saturated carbocycles. The molecule has 0 aromatic carbocycles. The summed E-state index contributed by atoms with van der Waals surface area (Å²) in [5.74, 6) is -0.751. The van der Waals surface area contributed by atoms with Crippen molar-refractivity contribution < 1.29 is 4.79 Å². The van der Waals surface area contributed by atoms with Crippen molar-refractivity contribution in [1.29, 1.82) is 0 Å². The highest BCUT2D eigenvalue weighted by Gasteiger charge is 2.09. The third kappa shape index (κ3) is 1.74. The molecule has 74 valence electrons. The van der Waals surface area contributed by atoms with Gasteiger partial charge in [0.25, 0.3) is 5.91 Å². The smallest absolute Gasteiger partial charge is 0.269 e. The fraction of sp³-hybridized carbons (Fsp3) is 0. The van der Waals surface area contributed by atoms with Crippen LogP contribution in [-0.2, 0) is 0 Å². The van der Waals surface area contributed by atoms with E-state index in [1.165, 1.54) is 10.7 Å². The molecule has 2 aromatic rings. The van der Waals surface area contributed by atoms with E-state index < -0.39 is 5.91 Å². The fourth-order valence-electron chi connectivity index (χ4n) is 1.05. The molecule has 0 unspecified atom stereocenters. The number of halogens is 1. The molecule has 0 N–H and O–H groups in total. The van der Waals surface area contributed by atoms with Crippen LogP contribution in [0.2, 0.25) is 5.15 Å². The van der Waals surface area contributed by atoms with Crippen LogP contribution >= 0.6 is 11.6 Å². The Balaban J connectivity index is 2.56. The van der Waals surface area contributed by atoms with Gasteiger partial charge in [0.05, 0.1) is 6.20 Å². The lowest BCUT2D eigenvalue weighted by atomic mass is 10.5. The molecule has 0 radical (unpaired) electrons. The number of aromatic nitrogens is 3. The molecular formula is C7H3ClN6O. The summed E-state index contributed by atoms with van der Waals surface area (Å²) in [5.41, 5.74) is 8.57. The number of azide groups is 1. The van der Waals surface area contributed by atoms with Crippen LogP contribution in [0, 0.1) is 0 Å². The molecule has 0 fully saturated rings. The van der Waals surface area contributed by atoms with E-state index in [-0.39, 0.29) is 10.8 Å². The van der Waals surface area contributed by atoms with Gasteiger partial charge in [0.1, 0.15) is 10.8 Å². The van der Waals surface area contributed by atoms with E-state index in [1.807, 2.05) is 0 Å². The maximum absolute atomic E-state index is 11.1. The number of imidazole rings is 1. The zero-order chi connectivity index (χ0) is 10.8. The number of nitrogens with zero attached hydrogens (tertiary/aromatic N) is 6. The Morgan fingerprint density at radius 2 is 2.40 bits per heavy atom. The fourth-order valence-corrected chi connectivity index (χ4v) is 1.20. The summed E-state index contributed by atoms with van der Waals surface area (Å²) in [6.45, 7) is 0. The number of carbonyl (C=O) groups excluding carboxylic acids is 1. The van der Waals surface area contributed by atoms with E-state index in [0.717, 1.165) is 0 Å². The van der Waals surface area contributed by atoms with Gasteiger partial charge in [0.15, 0.2) is 5.65 Å². The van der Waals surface area contributed by atoms with Crippen molar-refractivity contribution in [2.45, 2.75) is 0 Å². The van der Waals surface area contributed by atoms with Gasteiger partial charge in [-0.05, 0) is 22.8 Å². The summed E-state index contributed by atoms with van der Waals surface area (Å²) in [7, 11) is 0. The van der Waals surface area contributed by atoms with Gasteiger partial charge in [-0.2, -0.15) is 5.10 Å². The lowest BCUT2D eigenvalue weighted by Gasteiger charge is -1.89. The summed E-state index contributed by atoms with van der Waals surface area (Å²) in [6.07, 6.45) is 1.35. The molecule has 0 bridgehead atoms. The number of amides is 1. The molecule has 2 aromatic heterocycles. The maximum Gasteiger partial charge on any atom is 0.269 e. The van der Waals surface area contributed by atoms with Gasteiger partial charge in [-0.25, -0.2) is 9.50 Å². The summed E-state index contributed by atoms with van der Waals surface area (Å²) >= 11 is 5.64. The van der Waals surface area contributed by atoms with Crippen molar-refractivity contribution >= 4 is 23.2 Å². The van der Waals surface area contributed by atoms with Crippen molar-refractivity contribution in [3.8, 4) is 0 Å². The highest BCUT2D eigenvalue weighted by Crippen LogP contribution is 2.08. The minimum atomic E-state index is -0.751. The second-order valence-corrected chi connectivity index (χ2v) is 2.97. The molecule has 0 aliphatic rings. The molecule has 0 aliphatic carbocycles. The molecule has 1 amide bonds. The largest absolute Gasteiger partial charge is 0.285 e. The Bertz CT molecular complexity index is 584. The lowest BCUT2D eigenvalue weighted by Crippen LogP contribution is -1.92. The van der Waals surface area contributed by atoms with Crippen LogP contribution in [0.1, 0.15) is 10.5 Å². The first kappa shape index (κ1) is 9.45. The molecule has 15 heavy (non-hydrogen) atoms. The lowest BCUT2D eigenvalue weighted by molar-refractivity contribution is 0.0996. The standard InChI is InChI=1S/C7H3ClN6O/c8-5-1-2-6-10-4(3-14(6)12-5)7(15)11-13-9/h1-3H. The second kappa shape index (κ2) is 3.56. The normalized spacial score (nSPS) is 9.93. The van der Waals surface area contributed by atoms with E-state index in [9.17, 15) is 4.79 Å². The van der Waals surface area contributed by atoms with Crippen LogP contribution in [0.15, 0.2) is 23.4 Å². The predicted molar refractivity (Wildman–Crippen MR) is 51.5 cm³/mol. The Kier molecular flexibility index (Phi) is 2.24. The average Bonchev–Trinajstić information content (AvgIpc) is 2.60. The zero-order valence-corrected chi connectivity index (χ0v) is 7.96. The number of carbonyl (C=O) groups is 1. The molecule has 0 aliphatic heterocycles. The monoisotopic (exact) mass is 222 g/mol. The minimum Gasteiger partial charge on any atom is -0.285 e. The Morgan fingerprint density at radius 3 is 3.13 bits per heavy atom. The SMILES string of the molecule is [N-]=[N+]=NC(=O)c1cn2nc(Cl)ccc2n1. The molecule has 0 atom stereocenters. The van der Waals surface area contributed by atoms with Gasteiger partial charge < -0.3 is 0 Å². The molecule has 0 saturated heterocycles. The summed E-state index contributed by atoms with van der Waals surface area (Å²) < 4.78 is 1.34. The first-order valence-electron chi connectivity index (χ1n) is 3.82. The second-order valence-electron chi connectivity index (χ2n) is 2.58. The molecule has 8 heteroatoms. The van der Waals surface area contributed by atoms with E-state index >= 15 is 0 Å². The number of fused-ring (bicyclic) bond motifs is 1. The third-order valence-corrected chi connectivity index (χ3v) is 1.84. The number of hydrogen-bond acceptors (Lipinski definition) is 3. The zero-order valence-electron chi connectivity index (χ0n) is 7.20. The van der Waals surface area contributed by atoms with E-state index in [0.29, 0.717) is 5.65 Å². The molecule has 0 spiro atoms. The first-order chi connectivity index (χ1) is 7.20. The topological polar surface area (TPSA) is 96.0 Å². The van der Waals surface area contributed by atoms with Crippen LogP contribution in [0.5, 0.6) is 0 Å². The molecular weight excluding hydrogens is 220 g/mol. The van der Waals surface area contributed by atoms with Gasteiger partial charge in [0.2, 0.25) is 0 Å². The van der Waals surface area contributed by atoms with Gasteiger partial charge in [0, 0.05) is 4.91 Å². The van der Waals surface area contributed by atoms with Gasteiger partial charge in [-0.3, -0.25) is 4.79 Å². The van der Waals surface area contributed by atoms with Crippen molar-refractivity contribution in [1.82, 2.24) is 14.6 Å². The average molecular weight is 223 g/mol. The van der Waals surface area contributed by atoms with Crippen molar-refractivity contribution in [3.05, 3.63) is 39.6 Å². The molecule has 2 rings (SSSR count). The van der Waals surface area contributed by atoms with E-state index in [1.54, 1.807) is 12.1 Å². The summed E-state index contributed by atoms with van der Waals surface area (Å²) in [5, 5.41) is 7.07. The summed E-state index contributed by atoms with van der Waals surface area (Å²) in [6, 6.07) is 3.15. The van der Waals surface area contributed by atoms with E-state index in [4.69, 9.17) is 17.1 Å². The van der Waals surface area contributed by atoms with Crippen molar-refractivity contribution in [2.75, 3.05) is 0 Å². The van der Waals surface area contributed by atoms with Crippen molar-refractivity contribution in [2.24, 2.45) is 5.11 Å². The first-order valence-corrected chi connectivity index (χ1v) is 4.20. The van der Waals surface area contributed by atoms with Crippen LogP contribution in [-0.4, -0.2) is 20.5 Å². The molecule has 2 heterocycles. The van der Waals surface area contributed by atoms with Crippen LogP contribution < -0.4 is 0 Å². The maximum atomic E-state index is 11.1. The van der Waals surface area contributed by atoms with Crippen LogP contribution in [0.25, 0.3) is 16.1 Å². The number of hydrogen-bond donors (Lipinski definition) is 0. The van der Waals surface area contributed by atoms with Crippen molar-refractivity contribution in [3.63, 3.8) is 0 Å². The van der Waals surface area contributed by atoms with Gasteiger partial charge in [-0.1, -0.05) is 11.6 Å². The van der Waals surface area contributed by atoms with Gasteiger partial charge in [-0.15, -0.1) is 0 Å². The summed E-state index contributed by atoms with van der Waals surface area (Å²) in [4.78, 5) is 17.4. The van der Waals surface area contributed by atoms with Crippen LogP contribution in [0.3, 0.4) is 0 Å². The van der Waals surface area contributed by atoms with Gasteiger partial charge >= 0.3 is 0 Å². The molecule has 7 nitrogen and oxygen atoms in total. The Hall–Kier alpha value is -2.11. The Morgan fingerprint density at radius 1 is 1.60 bits per heavy atom. The van der Waals surface area contributed by atoms with E-state index in [2.05, 4.69) is 20.1 Å². The van der Waals surface area contributed by atoms with Crippen LogP contribution in [0.4, 0.5) is 0 Å². The Labute approximate surface area is 87.9 Å². The quantitative estimate of drug-likeness (QED) is 0.418. The number of rotatable bonds is 1. The predicted octanol–water partition coefficient (Wildman–Crippen LogP) is 1.83. The third-order valence-electron chi connectivity index (χ3n) is 1.64. The minimum absolute atomic E-state index is 0.0302. The highest BCUT2D eigenvalue weighted by atomic mass is 35.5. The highest BCUT2D eigenvalue weighted by molar-refractivity contribution is 6.29.